The first-order chi connectivity index (χ1) is 8.16. The Morgan fingerprint density at radius 3 is 2.35 bits per heavy atom. The molecule has 2 rings (SSSR count). The molecule has 2 heteroatoms. The van der Waals surface area contributed by atoms with Gasteiger partial charge in [-0.05, 0) is 29.7 Å². The van der Waals surface area contributed by atoms with Crippen LogP contribution in [-0.4, -0.2) is 0 Å². The van der Waals surface area contributed by atoms with Crippen LogP contribution < -0.4 is 4.74 Å². The minimum absolute atomic E-state index is 0.277. The van der Waals surface area contributed by atoms with Gasteiger partial charge in [0.05, 0.1) is 0 Å². The van der Waals surface area contributed by atoms with Gasteiger partial charge < -0.3 is 4.74 Å². The highest BCUT2D eigenvalue weighted by atomic mass is 19.1. The van der Waals surface area contributed by atoms with Crippen molar-refractivity contribution in [3.63, 3.8) is 0 Å². The van der Waals surface area contributed by atoms with E-state index in [4.69, 9.17) is 4.74 Å². The summed E-state index contributed by atoms with van der Waals surface area (Å²) in [6, 6.07) is 14.1. The molecule has 0 aromatic heterocycles. The van der Waals surface area contributed by atoms with E-state index < -0.39 is 0 Å². The van der Waals surface area contributed by atoms with Gasteiger partial charge in [-0.3, -0.25) is 0 Å². The van der Waals surface area contributed by atoms with Crippen LogP contribution in [0.3, 0.4) is 0 Å². The average molecular weight is 230 g/mol. The molecular weight excluding hydrogens is 215 g/mol. The highest BCUT2D eigenvalue weighted by Gasteiger charge is 2.09. The summed E-state index contributed by atoms with van der Waals surface area (Å²) < 4.78 is 18.9. The van der Waals surface area contributed by atoms with Gasteiger partial charge in [0.2, 0.25) is 0 Å². The molecule has 0 heterocycles. The zero-order chi connectivity index (χ0) is 12.3. The maximum absolute atomic E-state index is 13.2. The Balaban J connectivity index is 2.34. The Hall–Kier alpha value is -1.83. The Labute approximate surface area is 101 Å². The van der Waals surface area contributed by atoms with E-state index in [0.717, 1.165) is 11.3 Å². The smallest absolute Gasteiger partial charge is 0.133 e. The third kappa shape index (κ3) is 2.84. The molecule has 0 spiro atoms. The molecule has 2 aromatic rings. The average Bonchev–Trinajstić information content (AvgIpc) is 2.30. The fourth-order valence-electron chi connectivity index (χ4n) is 1.69. The van der Waals surface area contributed by atoms with Gasteiger partial charge in [0.1, 0.15) is 17.3 Å². The van der Waals surface area contributed by atoms with Gasteiger partial charge in [-0.25, -0.2) is 4.39 Å². The highest BCUT2D eigenvalue weighted by molar-refractivity contribution is 5.39. The number of hydrogen-bond acceptors (Lipinski definition) is 1. The molecule has 2 aromatic carbocycles. The monoisotopic (exact) mass is 230 g/mol. The van der Waals surface area contributed by atoms with Gasteiger partial charge in [-0.2, -0.15) is 0 Å². The first-order valence-electron chi connectivity index (χ1n) is 5.69. The van der Waals surface area contributed by atoms with Crippen molar-refractivity contribution in [1.29, 1.82) is 0 Å². The van der Waals surface area contributed by atoms with Crippen LogP contribution >= 0.6 is 0 Å². The molecular formula is C15H15FO. The van der Waals surface area contributed by atoms with Crippen LogP contribution in [0.4, 0.5) is 4.39 Å². The molecule has 0 amide bonds. The van der Waals surface area contributed by atoms with Crippen LogP contribution in [0.5, 0.6) is 11.5 Å². The standard InChI is InChI=1S/C15H15FO/c1-11(2)14-9-8-12(16)10-15(14)17-13-6-4-3-5-7-13/h3-11H,1-2H3. The number of benzene rings is 2. The summed E-state index contributed by atoms with van der Waals surface area (Å²) in [5.74, 6) is 1.33. The fourth-order valence-corrected chi connectivity index (χ4v) is 1.69. The maximum atomic E-state index is 13.2. The zero-order valence-corrected chi connectivity index (χ0v) is 9.98. The van der Waals surface area contributed by atoms with E-state index in [0.29, 0.717) is 11.7 Å². The lowest BCUT2D eigenvalue weighted by Gasteiger charge is -2.13. The summed E-state index contributed by atoms with van der Waals surface area (Å²) in [5, 5.41) is 0. The second-order valence-corrected chi connectivity index (χ2v) is 4.25. The van der Waals surface area contributed by atoms with Gasteiger partial charge in [-0.1, -0.05) is 38.1 Å². The van der Waals surface area contributed by atoms with E-state index in [1.165, 1.54) is 12.1 Å². The van der Waals surface area contributed by atoms with Crippen LogP contribution in [-0.2, 0) is 0 Å². The normalized spacial score (nSPS) is 10.6. The SMILES string of the molecule is CC(C)c1ccc(F)cc1Oc1ccccc1. The van der Waals surface area contributed by atoms with Crippen molar-refractivity contribution in [3.05, 3.63) is 59.9 Å². The summed E-state index contributed by atoms with van der Waals surface area (Å²) in [6.45, 7) is 4.12. The van der Waals surface area contributed by atoms with E-state index in [9.17, 15) is 4.39 Å². The quantitative estimate of drug-likeness (QED) is 0.739. The van der Waals surface area contributed by atoms with Gasteiger partial charge in [0.25, 0.3) is 0 Å². The van der Waals surface area contributed by atoms with Gasteiger partial charge in [-0.15, -0.1) is 0 Å². The second-order valence-electron chi connectivity index (χ2n) is 4.25. The Morgan fingerprint density at radius 1 is 1.00 bits per heavy atom. The number of hydrogen-bond donors (Lipinski definition) is 0. The van der Waals surface area contributed by atoms with E-state index in [-0.39, 0.29) is 5.82 Å². The highest BCUT2D eigenvalue weighted by Crippen LogP contribution is 2.30. The molecule has 0 unspecified atom stereocenters. The summed E-state index contributed by atoms with van der Waals surface area (Å²) >= 11 is 0. The van der Waals surface area contributed by atoms with Crippen LogP contribution in [0, 0.1) is 5.82 Å². The molecule has 0 saturated carbocycles. The summed E-state index contributed by atoms with van der Waals surface area (Å²) in [5.41, 5.74) is 1.01. The summed E-state index contributed by atoms with van der Waals surface area (Å²) in [7, 11) is 0. The predicted octanol–water partition coefficient (Wildman–Crippen LogP) is 4.74. The molecule has 0 aliphatic carbocycles. The van der Waals surface area contributed by atoms with Crippen molar-refractivity contribution in [3.8, 4) is 11.5 Å². The Bertz CT molecular complexity index is 492. The van der Waals surface area contributed by atoms with Gasteiger partial charge in [0.15, 0.2) is 0 Å². The minimum atomic E-state index is -0.277. The van der Waals surface area contributed by atoms with Crippen LogP contribution in [0.15, 0.2) is 48.5 Å². The molecule has 0 bridgehead atoms. The maximum Gasteiger partial charge on any atom is 0.133 e. The molecule has 0 atom stereocenters. The zero-order valence-electron chi connectivity index (χ0n) is 9.98. The first kappa shape index (κ1) is 11.6. The van der Waals surface area contributed by atoms with Crippen LogP contribution in [0.25, 0.3) is 0 Å². The second kappa shape index (κ2) is 5.00. The third-order valence-corrected chi connectivity index (χ3v) is 2.57. The van der Waals surface area contributed by atoms with Crippen molar-refractivity contribution in [2.45, 2.75) is 19.8 Å². The van der Waals surface area contributed by atoms with Crippen molar-refractivity contribution in [2.24, 2.45) is 0 Å². The van der Waals surface area contributed by atoms with Gasteiger partial charge in [0, 0.05) is 6.07 Å². The molecule has 0 radical (unpaired) electrons. The van der Waals surface area contributed by atoms with Crippen LogP contribution in [0.1, 0.15) is 25.3 Å². The predicted molar refractivity (Wildman–Crippen MR) is 67.0 cm³/mol. The number of rotatable bonds is 3. The van der Waals surface area contributed by atoms with E-state index in [1.807, 2.05) is 30.3 Å². The van der Waals surface area contributed by atoms with Gasteiger partial charge >= 0.3 is 0 Å². The fraction of sp³-hybridized carbons (Fsp3) is 0.200. The summed E-state index contributed by atoms with van der Waals surface area (Å²) in [6.07, 6.45) is 0. The number of ether oxygens (including phenoxy) is 1. The Kier molecular flexibility index (Phi) is 3.43. The molecule has 0 saturated heterocycles. The Morgan fingerprint density at radius 2 is 1.71 bits per heavy atom. The molecule has 88 valence electrons. The lowest BCUT2D eigenvalue weighted by Crippen LogP contribution is -1.94. The number of para-hydroxylation sites is 1. The molecule has 0 fully saturated rings. The van der Waals surface area contributed by atoms with Crippen molar-refractivity contribution < 1.29 is 9.13 Å². The van der Waals surface area contributed by atoms with Crippen LogP contribution in [0.2, 0.25) is 0 Å². The van der Waals surface area contributed by atoms with E-state index in [1.54, 1.807) is 6.07 Å². The minimum Gasteiger partial charge on any atom is -0.457 e. The molecule has 0 aliphatic rings. The van der Waals surface area contributed by atoms with Crippen molar-refractivity contribution in [1.82, 2.24) is 0 Å². The van der Waals surface area contributed by atoms with E-state index in [2.05, 4.69) is 13.8 Å². The molecule has 17 heavy (non-hydrogen) atoms. The van der Waals surface area contributed by atoms with Crippen molar-refractivity contribution >= 4 is 0 Å². The number of halogens is 1. The topological polar surface area (TPSA) is 9.23 Å². The van der Waals surface area contributed by atoms with E-state index >= 15 is 0 Å². The first-order valence-corrected chi connectivity index (χ1v) is 5.69. The molecule has 0 aliphatic heterocycles. The third-order valence-electron chi connectivity index (χ3n) is 2.57. The largest absolute Gasteiger partial charge is 0.457 e. The molecule has 0 N–H and O–H groups in total. The molecule has 1 nitrogen and oxygen atoms in total. The summed E-state index contributed by atoms with van der Waals surface area (Å²) in [4.78, 5) is 0. The van der Waals surface area contributed by atoms with Crippen molar-refractivity contribution in [2.75, 3.05) is 0 Å². The lowest BCUT2D eigenvalue weighted by atomic mass is 10.0. The lowest BCUT2D eigenvalue weighted by molar-refractivity contribution is 0.467.